The number of carbonyl (C=O) groups is 2. The van der Waals surface area contributed by atoms with E-state index in [0.717, 1.165) is 12.8 Å². The summed E-state index contributed by atoms with van der Waals surface area (Å²) in [5, 5.41) is 9.14. The molecule has 1 N–H and O–H groups in total. The summed E-state index contributed by atoms with van der Waals surface area (Å²) < 4.78 is 0. The largest absolute Gasteiger partial charge is 0.481 e. The highest BCUT2D eigenvalue weighted by Gasteiger charge is 2.39. The molecule has 0 saturated heterocycles. The lowest BCUT2D eigenvalue weighted by atomic mass is 9.71. The fourth-order valence-corrected chi connectivity index (χ4v) is 3.23. The van der Waals surface area contributed by atoms with Crippen molar-refractivity contribution in [2.24, 2.45) is 17.8 Å². The molecule has 2 saturated carbocycles. The second-order valence-electron chi connectivity index (χ2n) is 4.93. The van der Waals surface area contributed by atoms with Gasteiger partial charge < -0.3 is 5.11 Å². The van der Waals surface area contributed by atoms with Gasteiger partial charge in [-0.2, -0.15) is 0 Å². The molecule has 0 bridgehead atoms. The normalized spacial score (nSPS) is 33.2. The van der Waals surface area contributed by atoms with Crippen LogP contribution in [0.2, 0.25) is 0 Å². The first-order chi connectivity index (χ1) is 7.18. The number of carboxylic acid groups (broad SMARTS) is 1. The van der Waals surface area contributed by atoms with E-state index in [4.69, 9.17) is 5.11 Å². The van der Waals surface area contributed by atoms with E-state index < -0.39 is 5.97 Å². The number of Topliss-reactive ketones (excluding diaryl/α,β-unsaturated/α-hetero) is 1. The van der Waals surface area contributed by atoms with E-state index >= 15 is 0 Å². The summed E-state index contributed by atoms with van der Waals surface area (Å²) >= 11 is 0. The highest BCUT2D eigenvalue weighted by Crippen LogP contribution is 2.41. The van der Waals surface area contributed by atoms with Crippen molar-refractivity contribution < 1.29 is 14.7 Å². The van der Waals surface area contributed by atoms with Crippen LogP contribution in [-0.2, 0) is 9.59 Å². The molecular formula is C12H18O3. The van der Waals surface area contributed by atoms with Gasteiger partial charge >= 0.3 is 5.97 Å². The highest BCUT2D eigenvalue weighted by atomic mass is 16.4. The Morgan fingerprint density at radius 2 is 1.87 bits per heavy atom. The Hall–Kier alpha value is -0.860. The minimum Gasteiger partial charge on any atom is -0.481 e. The first-order valence-electron chi connectivity index (χ1n) is 5.93. The molecule has 3 nitrogen and oxygen atoms in total. The SMILES string of the molecule is O=C1CCC(C(=O)O)C(C2CCCC2)C1. The monoisotopic (exact) mass is 210 g/mol. The molecule has 2 rings (SSSR count). The van der Waals surface area contributed by atoms with Gasteiger partial charge in [-0.3, -0.25) is 9.59 Å². The fraction of sp³-hybridized carbons (Fsp3) is 0.833. The lowest BCUT2D eigenvalue weighted by molar-refractivity contribution is -0.147. The summed E-state index contributed by atoms with van der Waals surface area (Å²) in [7, 11) is 0. The Kier molecular flexibility index (Phi) is 3.08. The third kappa shape index (κ3) is 2.21. The molecule has 84 valence electrons. The molecule has 0 aromatic carbocycles. The second kappa shape index (κ2) is 4.33. The summed E-state index contributed by atoms with van der Waals surface area (Å²) in [6.07, 6.45) is 6.23. The molecule has 0 amide bonds. The van der Waals surface area contributed by atoms with Crippen molar-refractivity contribution in [3.8, 4) is 0 Å². The van der Waals surface area contributed by atoms with Gasteiger partial charge in [0.15, 0.2) is 0 Å². The van der Waals surface area contributed by atoms with E-state index in [2.05, 4.69) is 0 Å². The summed E-state index contributed by atoms with van der Waals surface area (Å²) in [6.45, 7) is 0. The molecule has 2 aliphatic carbocycles. The number of hydrogen-bond acceptors (Lipinski definition) is 2. The molecular weight excluding hydrogens is 192 g/mol. The molecule has 0 radical (unpaired) electrons. The number of carboxylic acids is 1. The van der Waals surface area contributed by atoms with Gasteiger partial charge in [0.05, 0.1) is 5.92 Å². The Labute approximate surface area is 89.9 Å². The van der Waals surface area contributed by atoms with E-state index in [-0.39, 0.29) is 17.6 Å². The molecule has 0 aliphatic heterocycles. The molecule has 15 heavy (non-hydrogen) atoms. The number of hydrogen-bond donors (Lipinski definition) is 1. The molecule has 3 heteroatoms. The van der Waals surface area contributed by atoms with Gasteiger partial charge in [0, 0.05) is 12.8 Å². The number of ketones is 1. The Morgan fingerprint density at radius 3 is 2.47 bits per heavy atom. The number of aliphatic carboxylic acids is 1. The molecule has 2 atom stereocenters. The van der Waals surface area contributed by atoms with Crippen LogP contribution in [0, 0.1) is 17.8 Å². The van der Waals surface area contributed by atoms with Crippen molar-refractivity contribution in [1.82, 2.24) is 0 Å². The lowest BCUT2D eigenvalue weighted by Crippen LogP contribution is -2.34. The maximum absolute atomic E-state index is 11.4. The molecule has 2 fully saturated rings. The third-order valence-corrected chi connectivity index (χ3v) is 4.04. The van der Waals surface area contributed by atoms with Crippen LogP contribution in [0.1, 0.15) is 44.9 Å². The first kappa shape index (κ1) is 10.7. The maximum Gasteiger partial charge on any atom is 0.306 e. The van der Waals surface area contributed by atoms with Gasteiger partial charge in [0.1, 0.15) is 5.78 Å². The lowest BCUT2D eigenvalue weighted by Gasteiger charge is -2.32. The van der Waals surface area contributed by atoms with Crippen molar-refractivity contribution >= 4 is 11.8 Å². The van der Waals surface area contributed by atoms with Gasteiger partial charge in [-0.1, -0.05) is 25.7 Å². The average molecular weight is 210 g/mol. The van der Waals surface area contributed by atoms with E-state index in [1.807, 2.05) is 0 Å². The summed E-state index contributed by atoms with van der Waals surface area (Å²) in [4.78, 5) is 22.5. The fourth-order valence-electron chi connectivity index (χ4n) is 3.23. The van der Waals surface area contributed by atoms with E-state index in [0.29, 0.717) is 25.2 Å². The predicted molar refractivity (Wildman–Crippen MR) is 55.4 cm³/mol. The molecule has 2 aliphatic rings. The molecule has 2 unspecified atom stereocenters. The van der Waals surface area contributed by atoms with Crippen LogP contribution in [0.3, 0.4) is 0 Å². The smallest absolute Gasteiger partial charge is 0.306 e. The van der Waals surface area contributed by atoms with Gasteiger partial charge in [0.25, 0.3) is 0 Å². The average Bonchev–Trinajstić information content (AvgIpc) is 2.69. The van der Waals surface area contributed by atoms with E-state index in [1.54, 1.807) is 0 Å². The summed E-state index contributed by atoms with van der Waals surface area (Å²) in [5.74, 6) is -0.0591. The second-order valence-corrected chi connectivity index (χ2v) is 4.93. The van der Waals surface area contributed by atoms with Crippen LogP contribution in [0.15, 0.2) is 0 Å². The van der Waals surface area contributed by atoms with Gasteiger partial charge in [0.2, 0.25) is 0 Å². The van der Waals surface area contributed by atoms with Crippen molar-refractivity contribution in [2.75, 3.05) is 0 Å². The maximum atomic E-state index is 11.4. The first-order valence-corrected chi connectivity index (χ1v) is 5.93. The van der Waals surface area contributed by atoms with Crippen LogP contribution in [-0.4, -0.2) is 16.9 Å². The topological polar surface area (TPSA) is 54.4 Å². The van der Waals surface area contributed by atoms with Gasteiger partial charge in [-0.25, -0.2) is 0 Å². The van der Waals surface area contributed by atoms with Crippen LogP contribution in [0.5, 0.6) is 0 Å². The van der Waals surface area contributed by atoms with Crippen LogP contribution in [0.25, 0.3) is 0 Å². The van der Waals surface area contributed by atoms with E-state index in [1.165, 1.54) is 12.8 Å². The highest BCUT2D eigenvalue weighted by molar-refractivity contribution is 5.82. The zero-order valence-corrected chi connectivity index (χ0v) is 8.95. The quantitative estimate of drug-likeness (QED) is 0.760. The van der Waals surface area contributed by atoms with Crippen molar-refractivity contribution in [1.29, 1.82) is 0 Å². The number of carbonyl (C=O) groups excluding carboxylic acids is 1. The molecule has 0 aromatic heterocycles. The third-order valence-electron chi connectivity index (χ3n) is 4.04. The summed E-state index contributed by atoms with van der Waals surface area (Å²) in [5.41, 5.74) is 0. The molecule has 0 aromatic rings. The standard InChI is InChI=1S/C12H18O3/c13-9-5-6-10(12(14)15)11(7-9)8-3-1-2-4-8/h8,10-11H,1-7H2,(H,14,15). The van der Waals surface area contributed by atoms with Crippen LogP contribution < -0.4 is 0 Å². The summed E-state index contributed by atoms with van der Waals surface area (Å²) in [6, 6.07) is 0. The predicted octanol–water partition coefficient (Wildman–Crippen LogP) is 2.25. The van der Waals surface area contributed by atoms with Crippen molar-refractivity contribution in [3.05, 3.63) is 0 Å². The van der Waals surface area contributed by atoms with Crippen molar-refractivity contribution in [2.45, 2.75) is 44.9 Å². The minimum absolute atomic E-state index is 0.131. The minimum atomic E-state index is -0.695. The van der Waals surface area contributed by atoms with Gasteiger partial charge in [-0.15, -0.1) is 0 Å². The molecule has 0 spiro atoms. The zero-order chi connectivity index (χ0) is 10.8. The van der Waals surface area contributed by atoms with Crippen LogP contribution >= 0.6 is 0 Å². The van der Waals surface area contributed by atoms with Gasteiger partial charge in [-0.05, 0) is 18.3 Å². The van der Waals surface area contributed by atoms with E-state index in [9.17, 15) is 9.59 Å². The zero-order valence-electron chi connectivity index (χ0n) is 8.95. The Morgan fingerprint density at radius 1 is 1.20 bits per heavy atom. The Balaban J connectivity index is 2.08. The van der Waals surface area contributed by atoms with Crippen LogP contribution in [0.4, 0.5) is 0 Å². The Bertz CT molecular complexity index is 266. The van der Waals surface area contributed by atoms with Crippen molar-refractivity contribution in [3.63, 3.8) is 0 Å². The molecule has 0 heterocycles. The number of rotatable bonds is 2.